The maximum absolute atomic E-state index is 12.0. The first kappa shape index (κ1) is 11.0. The number of hydrogen-bond donors (Lipinski definition) is 1. The Labute approximate surface area is 78.1 Å². The van der Waals surface area contributed by atoms with Crippen LogP contribution in [0.2, 0.25) is 0 Å². The van der Waals surface area contributed by atoms with Gasteiger partial charge in [0.1, 0.15) is 12.3 Å². The van der Waals surface area contributed by atoms with Crippen LogP contribution < -0.4 is 5.32 Å². The summed E-state index contributed by atoms with van der Waals surface area (Å²) in [5, 5.41) is 2.73. The van der Waals surface area contributed by atoms with Gasteiger partial charge >= 0.3 is 12.1 Å². The summed E-state index contributed by atoms with van der Waals surface area (Å²) >= 11 is 0. The van der Waals surface area contributed by atoms with Gasteiger partial charge < -0.3 is 15.0 Å². The molecule has 1 N–H and O–H groups in total. The third-order valence-corrected chi connectivity index (χ3v) is 1.94. The Bertz CT molecular complexity index is 242. The zero-order chi connectivity index (χ0) is 10.8. The molecule has 1 fully saturated rings. The van der Waals surface area contributed by atoms with Crippen LogP contribution in [-0.4, -0.2) is 48.9 Å². The molecular weight excluding hydrogens is 201 g/mol. The summed E-state index contributed by atoms with van der Waals surface area (Å²) in [6, 6.07) is -1.02. The van der Waals surface area contributed by atoms with Crippen molar-refractivity contribution in [2.75, 3.05) is 19.6 Å². The van der Waals surface area contributed by atoms with E-state index < -0.39 is 18.1 Å². The summed E-state index contributed by atoms with van der Waals surface area (Å²) in [4.78, 5) is 21.7. The molecule has 1 aliphatic rings. The molecule has 0 aliphatic carbocycles. The Hall–Kier alpha value is -1.11. The molecule has 1 unspecified atom stereocenters. The van der Waals surface area contributed by atoms with Gasteiger partial charge in [-0.25, -0.2) is 0 Å². The minimum atomic E-state index is -4.90. The number of amides is 1. The second-order valence-electron chi connectivity index (χ2n) is 2.90. The number of hydrogen-bond acceptors (Lipinski definition) is 3. The molecule has 1 saturated heterocycles. The van der Waals surface area contributed by atoms with Gasteiger partial charge in [-0.15, -0.1) is 0 Å². The monoisotopic (exact) mass is 210 g/mol. The highest BCUT2D eigenvalue weighted by atomic mass is 19.4. The topological polar surface area (TPSA) is 49.4 Å². The average Bonchev–Trinajstić information content (AvgIpc) is 2.15. The van der Waals surface area contributed by atoms with Crippen LogP contribution in [0.4, 0.5) is 13.2 Å². The third kappa shape index (κ3) is 2.22. The number of carbonyl (C=O) groups is 2. The summed E-state index contributed by atoms with van der Waals surface area (Å²) in [6.07, 6.45) is -4.56. The smallest absolute Gasteiger partial charge is 0.323 e. The maximum atomic E-state index is 12.0. The fourth-order valence-electron chi connectivity index (χ4n) is 1.26. The molecule has 14 heavy (non-hydrogen) atoms. The highest BCUT2D eigenvalue weighted by Crippen LogP contribution is 2.20. The first-order valence-corrected chi connectivity index (χ1v) is 4.00. The van der Waals surface area contributed by atoms with E-state index in [0.717, 1.165) is 0 Å². The molecule has 7 heteroatoms. The third-order valence-electron chi connectivity index (χ3n) is 1.94. The van der Waals surface area contributed by atoms with Crippen molar-refractivity contribution in [2.45, 2.75) is 12.2 Å². The first-order valence-electron chi connectivity index (χ1n) is 4.00. The lowest BCUT2D eigenvalue weighted by Gasteiger charge is -2.33. The quantitative estimate of drug-likeness (QED) is 0.596. The predicted octanol–water partition coefficient (Wildman–Crippen LogP) is -0.452. The van der Waals surface area contributed by atoms with Crippen molar-refractivity contribution in [2.24, 2.45) is 0 Å². The summed E-state index contributed by atoms with van der Waals surface area (Å²) in [7, 11) is 0. The van der Waals surface area contributed by atoms with Gasteiger partial charge in [0.05, 0.1) is 0 Å². The lowest BCUT2D eigenvalue weighted by atomic mass is 10.2. The molecule has 0 aromatic rings. The minimum Gasteiger partial charge on any atom is -0.323 e. The molecule has 1 rings (SSSR count). The van der Waals surface area contributed by atoms with Crippen molar-refractivity contribution >= 4 is 12.2 Å². The number of rotatable bonds is 1. The van der Waals surface area contributed by atoms with Crippen LogP contribution in [0.15, 0.2) is 0 Å². The molecule has 1 atom stereocenters. The van der Waals surface area contributed by atoms with Crippen LogP contribution >= 0.6 is 0 Å². The van der Waals surface area contributed by atoms with Gasteiger partial charge in [0.2, 0.25) is 0 Å². The number of halogens is 3. The van der Waals surface area contributed by atoms with Crippen LogP contribution in [0.1, 0.15) is 0 Å². The van der Waals surface area contributed by atoms with Gasteiger partial charge in [-0.3, -0.25) is 4.79 Å². The lowest BCUT2D eigenvalue weighted by molar-refractivity contribution is -0.188. The summed E-state index contributed by atoms with van der Waals surface area (Å²) in [6.45, 7) is 0.249. The second-order valence-corrected chi connectivity index (χ2v) is 2.90. The summed E-state index contributed by atoms with van der Waals surface area (Å²) in [5.41, 5.74) is 0. The minimum absolute atomic E-state index is 0.0747. The highest BCUT2D eigenvalue weighted by Gasteiger charge is 2.45. The van der Waals surface area contributed by atoms with E-state index in [1.165, 1.54) is 0 Å². The zero-order valence-electron chi connectivity index (χ0n) is 7.17. The van der Waals surface area contributed by atoms with Gasteiger partial charge in [0.15, 0.2) is 0 Å². The molecule has 0 aromatic carbocycles. The Morgan fingerprint density at radius 3 is 2.64 bits per heavy atom. The molecular formula is C7H9F3N2O2. The maximum Gasteiger partial charge on any atom is 0.471 e. The van der Waals surface area contributed by atoms with Gasteiger partial charge in [-0.1, -0.05) is 0 Å². The fraction of sp³-hybridized carbons (Fsp3) is 0.714. The van der Waals surface area contributed by atoms with Crippen LogP contribution in [0.3, 0.4) is 0 Å². The highest BCUT2D eigenvalue weighted by molar-refractivity contribution is 5.84. The zero-order valence-corrected chi connectivity index (χ0v) is 7.17. The second kappa shape index (κ2) is 3.95. The molecule has 0 aromatic heterocycles. The molecule has 1 amide bonds. The molecule has 4 nitrogen and oxygen atoms in total. The normalized spacial score (nSPS) is 23.4. The number of nitrogens with zero attached hydrogens (tertiary/aromatic N) is 1. The predicted molar refractivity (Wildman–Crippen MR) is 40.5 cm³/mol. The number of carbonyl (C=O) groups excluding carboxylic acids is 2. The van der Waals surface area contributed by atoms with E-state index in [-0.39, 0.29) is 19.6 Å². The van der Waals surface area contributed by atoms with Crippen molar-refractivity contribution < 1.29 is 22.8 Å². The number of nitrogens with one attached hydrogen (secondary N) is 1. The number of aldehydes is 1. The Balaban J connectivity index is 2.73. The molecule has 0 saturated carbocycles. The molecule has 1 aliphatic heterocycles. The van der Waals surface area contributed by atoms with E-state index in [9.17, 15) is 22.8 Å². The van der Waals surface area contributed by atoms with Crippen LogP contribution in [0, 0.1) is 0 Å². The molecule has 0 bridgehead atoms. The van der Waals surface area contributed by atoms with Crippen LogP contribution in [0.5, 0.6) is 0 Å². The van der Waals surface area contributed by atoms with Gasteiger partial charge in [0, 0.05) is 19.6 Å². The van der Waals surface area contributed by atoms with E-state index in [1.54, 1.807) is 0 Å². The van der Waals surface area contributed by atoms with E-state index in [0.29, 0.717) is 11.2 Å². The van der Waals surface area contributed by atoms with Crippen LogP contribution in [-0.2, 0) is 9.59 Å². The Kier molecular flexibility index (Phi) is 3.10. The number of alkyl halides is 3. The fourth-order valence-corrected chi connectivity index (χ4v) is 1.26. The number of piperazine rings is 1. The van der Waals surface area contributed by atoms with Crippen molar-refractivity contribution in [1.29, 1.82) is 0 Å². The van der Waals surface area contributed by atoms with E-state index >= 15 is 0 Å². The Morgan fingerprint density at radius 2 is 2.14 bits per heavy atom. The van der Waals surface area contributed by atoms with Crippen molar-refractivity contribution in [3.63, 3.8) is 0 Å². The first-order chi connectivity index (χ1) is 6.46. The van der Waals surface area contributed by atoms with E-state index in [1.807, 2.05) is 0 Å². The average molecular weight is 210 g/mol. The molecule has 0 radical (unpaired) electrons. The standard InChI is InChI=1S/C7H9F3N2O2/c8-7(9,10)6(14)12-2-1-11-3-5(12)4-13/h4-5,11H,1-3H2. The van der Waals surface area contributed by atoms with Crippen molar-refractivity contribution in [3.05, 3.63) is 0 Å². The largest absolute Gasteiger partial charge is 0.471 e. The molecule has 80 valence electrons. The Morgan fingerprint density at radius 1 is 1.50 bits per heavy atom. The van der Waals surface area contributed by atoms with Gasteiger partial charge in [-0.05, 0) is 0 Å². The van der Waals surface area contributed by atoms with Crippen molar-refractivity contribution in [3.8, 4) is 0 Å². The molecule has 1 heterocycles. The summed E-state index contributed by atoms with van der Waals surface area (Å²) < 4.78 is 36.0. The van der Waals surface area contributed by atoms with Crippen LogP contribution in [0.25, 0.3) is 0 Å². The molecule has 0 spiro atoms. The van der Waals surface area contributed by atoms with E-state index in [2.05, 4.69) is 5.32 Å². The summed E-state index contributed by atoms with van der Waals surface area (Å²) in [5.74, 6) is -1.95. The van der Waals surface area contributed by atoms with Gasteiger partial charge in [-0.2, -0.15) is 13.2 Å². The van der Waals surface area contributed by atoms with Crippen molar-refractivity contribution in [1.82, 2.24) is 10.2 Å². The SMILES string of the molecule is O=CC1CNCCN1C(=O)C(F)(F)F. The van der Waals surface area contributed by atoms with Gasteiger partial charge in [0.25, 0.3) is 0 Å². The lowest BCUT2D eigenvalue weighted by Crippen LogP contribution is -2.57. The van der Waals surface area contributed by atoms with E-state index in [4.69, 9.17) is 0 Å².